The van der Waals surface area contributed by atoms with Crippen LogP contribution in [0.5, 0.6) is 0 Å². The summed E-state index contributed by atoms with van der Waals surface area (Å²) in [6.45, 7) is 0. The van der Waals surface area contributed by atoms with Crippen molar-refractivity contribution in [1.29, 1.82) is 0 Å². The maximum atomic E-state index is 11.3. The summed E-state index contributed by atoms with van der Waals surface area (Å²) in [5, 5.41) is 0.781. The highest BCUT2D eigenvalue weighted by Crippen LogP contribution is 2.31. The summed E-state index contributed by atoms with van der Waals surface area (Å²) in [4.78, 5) is 17.6. The van der Waals surface area contributed by atoms with Crippen LogP contribution in [-0.4, -0.2) is 9.97 Å². The van der Waals surface area contributed by atoms with Gasteiger partial charge >= 0.3 is 0 Å². The minimum absolute atomic E-state index is 0.0816. The average Bonchev–Trinajstić information content (AvgIpc) is 2.26. The number of hydrogen-bond donors (Lipinski definition) is 2. The molecule has 0 radical (unpaired) electrons. The van der Waals surface area contributed by atoms with Gasteiger partial charge in [0.05, 0.1) is 21.9 Å². The van der Waals surface area contributed by atoms with Crippen LogP contribution in [0.1, 0.15) is 0 Å². The lowest BCUT2D eigenvalue weighted by atomic mass is 10.1. The van der Waals surface area contributed by atoms with Gasteiger partial charge in [0.15, 0.2) is 5.82 Å². The molecule has 1 aromatic heterocycles. The second kappa shape index (κ2) is 4.15. The van der Waals surface area contributed by atoms with Crippen molar-refractivity contribution in [3.05, 3.63) is 44.8 Å². The minimum atomic E-state index is -0.450. The quantitative estimate of drug-likeness (QED) is 0.822. The topological polar surface area (TPSA) is 71.8 Å². The molecule has 3 N–H and O–H groups in total. The Morgan fingerprint density at radius 1 is 1.31 bits per heavy atom. The number of rotatable bonds is 1. The Morgan fingerprint density at radius 2 is 2.06 bits per heavy atom. The van der Waals surface area contributed by atoms with Gasteiger partial charge in [-0.3, -0.25) is 4.79 Å². The molecule has 0 saturated heterocycles. The van der Waals surface area contributed by atoms with E-state index in [9.17, 15) is 4.79 Å². The summed E-state index contributed by atoms with van der Waals surface area (Å²) in [7, 11) is 0. The lowest BCUT2D eigenvalue weighted by Gasteiger charge is -2.05. The number of hydrogen-bond acceptors (Lipinski definition) is 3. The minimum Gasteiger partial charge on any atom is -0.379 e. The highest BCUT2D eigenvalue weighted by molar-refractivity contribution is 6.43. The van der Waals surface area contributed by atoms with Crippen LogP contribution < -0.4 is 11.3 Å². The van der Waals surface area contributed by atoms with Gasteiger partial charge in [-0.2, -0.15) is 0 Å². The van der Waals surface area contributed by atoms with Gasteiger partial charge < -0.3 is 10.7 Å². The van der Waals surface area contributed by atoms with E-state index in [0.29, 0.717) is 21.3 Å². The molecule has 6 heteroatoms. The number of benzene rings is 1. The maximum Gasteiger partial charge on any atom is 0.290 e. The molecule has 2 aromatic rings. The summed E-state index contributed by atoms with van der Waals surface area (Å²) >= 11 is 11.9. The predicted molar refractivity (Wildman–Crippen MR) is 64.7 cm³/mol. The molecule has 0 amide bonds. The molecule has 0 aliphatic carbocycles. The molecular formula is C10H7Cl2N3O. The van der Waals surface area contributed by atoms with E-state index in [0.717, 1.165) is 0 Å². The van der Waals surface area contributed by atoms with E-state index in [2.05, 4.69) is 9.97 Å². The fourth-order valence-electron chi connectivity index (χ4n) is 1.26. The van der Waals surface area contributed by atoms with Gasteiger partial charge in [-0.05, 0) is 6.07 Å². The highest BCUT2D eigenvalue weighted by atomic mass is 35.5. The third kappa shape index (κ3) is 1.89. The second-order valence-electron chi connectivity index (χ2n) is 3.11. The van der Waals surface area contributed by atoms with E-state index < -0.39 is 5.56 Å². The van der Waals surface area contributed by atoms with Gasteiger partial charge in [-0.25, -0.2) is 4.98 Å². The fourth-order valence-corrected chi connectivity index (χ4v) is 1.66. The van der Waals surface area contributed by atoms with Crippen LogP contribution in [0.25, 0.3) is 11.3 Å². The van der Waals surface area contributed by atoms with Crippen molar-refractivity contribution in [2.45, 2.75) is 0 Å². The van der Waals surface area contributed by atoms with Gasteiger partial charge in [-0.1, -0.05) is 35.3 Å². The SMILES string of the molecule is Nc1ncc(-c2cccc(Cl)c2Cl)[nH]c1=O. The second-order valence-corrected chi connectivity index (χ2v) is 3.90. The van der Waals surface area contributed by atoms with Gasteiger partial charge in [-0.15, -0.1) is 0 Å². The van der Waals surface area contributed by atoms with Crippen molar-refractivity contribution in [3.8, 4) is 11.3 Å². The van der Waals surface area contributed by atoms with Crippen LogP contribution in [0.4, 0.5) is 5.82 Å². The van der Waals surface area contributed by atoms with Gasteiger partial charge in [0, 0.05) is 5.56 Å². The molecule has 0 unspecified atom stereocenters. The first-order valence-electron chi connectivity index (χ1n) is 4.39. The van der Waals surface area contributed by atoms with E-state index >= 15 is 0 Å². The van der Waals surface area contributed by atoms with Crippen molar-refractivity contribution >= 4 is 29.0 Å². The molecule has 1 heterocycles. The average molecular weight is 256 g/mol. The van der Waals surface area contributed by atoms with Crippen molar-refractivity contribution in [1.82, 2.24) is 9.97 Å². The number of nitrogen functional groups attached to an aromatic ring is 1. The van der Waals surface area contributed by atoms with E-state index in [1.165, 1.54) is 6.20 Å². The summed E-state index contributed by atoms with van der Waals surface area (Å²) in [5.41, 5.74) is 5.96. The first kappa shape index (κ1) is 11.0. The number of nitrogens with zero attached hydrogens (tertiary/aromatic N) is 1. The highest BCUT2D eigenvalue weighted by Gasteiger charge is 2.08. The lowest BCUT2D eigenvalue weighted by molar-refractivity contribution is 1.16. The van der Waals surface area contributed by atoms with E-state index in [1.807, 2.05) is 0 Å². The largest absolute Gasteiger partial charge is 0.379 e. The van der Waals surface area contributed by atoms with Gasteiger partial charge in [0.2, 0.25) is 0 Å². The standard InChI is InChI=1S/C10H7Cl2N3O/c11-6-3-1-2-5(8(6)12)7-4-14-9(13)10(16)15-7/h1-4H,(H2,13,14)(H,15,16). The molecule has 0 aliphatic heterocycles. The summed E-state index contributed by atoms with van der Waals surface area (Å²) < 4.78 is 0. The van der Waals surface area contributed by atoms with E-state index in [4.69, 9.17) is 28.9 Å². The number of nitrogens with one attached hydrogen (secondary N) is 1. The van der Waals surface area contributed by atoms with Crippen molar-refractivity contribution in [2.24, 2.45) is 0 Å². The fraction of sp³-hybridized carbons (Fsp3) is 0. The van der Waals surface area contributed by atoms with Crippen LogP contribution in [0.2, 0.25) is 10.0 Å². The molecule has 2 rings (SSSR count). The Balaban J connectivity index is 2.63. The molecule has 0 aliphatic rings. The lowest BCUT2D eigenvalue weighted by Crippen LogP contribution is -2.14. The van der Waals surface area contributed by atoms with Crippen molar-refractivity contribution in [2.75, 3.05) is 5.73 Å². The number of halogens is 2. The summed E-state index contributed by atoms with van der Waals surface area (Å²) in [6, 6.07) is 5.13. The Labute approximate surface area is 101 Å². The molecule has 0 fully saturated rings. The van der Waals surface area contributed by atoms with E-state index in [1.54, 1.807) is 18.2 Å². The van der Waals surface area contributed by atoms with Crippen molar-refractivity contribution in [3.63, 3.8) is 0 Å². The number of aromatic nitrogens is 2. The Bertz CT molecular complexity index is 595. The van der Waals surface area contributed by atoms with Crippen LogP contribution in [-0.2, 0) is 0 Å². The van der Waals surface area contributed by atoms with Crippen LogP contribution in [0.3, 0.4) is 0 Å². The Hall–Kier alpha value is -1.52. The molecule has 0 atom stereocenters. The summed E-state index contributed by atoms with van der Waals surface area (Å²) in [6.07, 6.45) is 1.44. The summed E-state index contributed by atoms with van der Waals surface area (Å²) in [5.74, 6) is -0.0816. The molecule has 0 spiro atoms. The molecular weight excluding hydrogens is 249 g/mol. The number of nitrogens with two attached hydrogens (primary N) is 1. The maximum absolute atomic E-state index is 11.3. The smallest absolute Gasteiger partial charge is 0.290 e. The van der Waals surface area contributed by atoms with Gasteiger partial charge in [0.25, 0.3) is 5.56 Å². The molecule has 0 saturated carbocycles. The third-order valence-corrected chi connectivity index (χ3v) is 2.87. The van der Waals surface area contributed by atoms with Crippen LogP contribution in [0.15, 0.2) is 29.2 Å². The monoisotopic (exact) mass is 255 g/mol. The third-order valence-electron chi connectivity index (χ3n) is 2.06. The van der Waals surface area contributed by atoms with Gasteiger partial charge in [0.1, 0.15) is 0 Å². The zero-order valence-corrected chi connectivity index (χ0v) is 9.51. The molecule has 16 heavy (non-hydrogen) atoms. The predicted octanol–water partition coefficient (Wildman–Crippen LogP) is 2.33. The number of aromatic amines is 1. The molecule has 4 nitrogen and oxygen atoms in total. The number of H-pyrrole nitrogens is 1. The zero-order chi connectivity index (χ0) is 11.7. The zero-order valence-electron chi connectivity index (χ0n) is 8.00. The Kier molecular flexibility index (Phi) is 2.85. The Morgan fingerprint density at radius 3 is 2.75 bits per heavy atom. The first-order valence-corrected chi connectivity index (χ1v) is 5.14. The molecule has 1 aromatic carbocycles. The van der Waals surface area contributed by atoms with Crippen LogP contribution >= 0.6 is 23.2 Å². The van der Waals surface area contributed by atoms with Crippen LogP contribution in [0, 0.1) is 0 Å². The molecule has 82 valence electrons. The van der Waals surface area contributed by atoms with E-state index in [-0.39, 0.29) is 5.82 Å². The van der Waals surface area contributed by atoms with Crippen molar-refractivity contribution < 1.29 is 0 Å². The molecule has 0 bridgehead atoms. The number of anilines is 1. The normalized spacial score (nSPS) is 10.4. The first-order chi connectivity index (χ1) is 7.59.